The summed E-state index contributed by atoms with van der Waals surface area (Å²) in [6, 6.07) is 12.2. The molecule has 1 aliphatic rings. The van der Waals surface area contributed by atoms with Crippen LogP contribution in [0.4, 0.5) is 11.4 Å². The van der Waals surface area contributed by atoms with Gasteiger partial charge in [-0.05, 0) is 49.2 Å². The molecule has 8 nitrogen and oxygen atoms in total. The zero-order valence-corrected chi connectivity index (χ0v) is 16.8. The monoisotopic (exact) mass is 417 g/mol. The minimum Gasteiger partial charge on any atom is -0.376 e. The van der Waals surface area contributed by atoms with E-state index in [0.717, 1.165) is 12.8 Å². The molecule has 29 heavy (non-hydrogen) atoms. The zero-order valence-electron chi connectivity index (χ0n) is 16.0. The summed E-state index contributed by atoms with van der Waals surface area (Å²) in [5.41, 5.74) is 0.901. The number of rotatable bonds is 7. The van der Waals surface area contributed by atoms with E-state index in [-0.39, 0.29) is 34.1 Å². The Hall–Kier alpha value is -2.91. The number of nitrogens with one attached hydrogen (secondary N) is 3. The molecule has 2 aromatic rings. The van der Waals surface area contributed by atoms with Crippen molar-refractivity contribution >= 4 is 33.2 Å². The van der Waals surface area contributed by atoms with Crippen molar-refractivity contribution in [1.29, 1.82) is 0 Å². The fourth-order valence-corrected chi connectivity index (χ4v) is 4.08. The zero-order chi connectivity index (χ0) is 20.9. The second kappa shape index (κ2) is 9.06. The molecule has 1 unspecified atom stereocenters. The van der Waals surface area contributed by atoms with E-state index < -0.39 is 10.0 Å². The minimum absolute atomic E-state index is 0.00932. The highest BCUT2D eigenvalue weighted by atomic mass is 32.2. The van der Waals surface area contributed by atoms with Crippen LogP contribution in [-0.2, 0) is 19.6 Å². The van der Waals surface area contributed by atoms with Crippen LogP contribution in [0.2, 0.25) is 0 Å². The number of hydrogen-bond acceptors (Lipinski definition) is 5. The molecule has 1 aliphatic heterocycles. The van der Waals surface area contributed by atoms with Gasteiger partial charge >= 0.3 is 0 Å². The fourth-order valence-electron chi connectivity index (χ4n) is 3.00. The van der Waals surface area contributed by atoms with Crippen molar-refractivity contribution in [3.8, 4) is 0 Å². The van der Waals surface area contributed by atoms with Crippen LogP contribution in [0, 0.1) is 0 Å². The number of amides is 2. The molecule has 9 heteroatoms. The van der Waals surface area contributed by atoms with Crippen LogP contribution in [0.15, 0.2) is 53.4 Å². The summed E-state index contributed by atoms with van der Waals surface area (Å²) >= 11 is 0. The van der Waals surface area contributed by atoms with Gasteiger partial charge in [0.05, 0.1) is 22.3 Å². The van der Waals surface area contributed by atoms with E-state index in [1.54, 1.807) is 18.2 Å². The van der Waals surface area contributed by atoms with Gasteiger partial charge in [0.1, 0.15) is 0 Å². The molecule has 1 atom stereocenters. The molecule has 0 bridgehead atoms. The predicted molar refractivity (Wildman–Crippen MR) is 109 cm³/mol. The Balaban J connectivity index is 1.73. The lowest BCUT2D eigenvalue weighted by atomic mass is 10.1. The average molecular weight is 417 g/mol. The van der Waals surface area contributed by atoms with E-state index >= 15 is 0 Å². The SMILES string of the molecule is CC(=O)Nc1ccc(S(=O)(=O)Nc2ccccc2C(=O)NCC2CCCO2)cc1. The number of sulfonamides is 1. The molecule has 1 heterocycles. The van der Waals surface area contributed by atoms with Crippen molar-refractivity contribution in [1.82, 2.24) is 5.32 Å². The first-order valence-electron chi connectivity index (χ1n) is 9.24. The molecule has 0 radical (unpaired) electrons. The highest BCUT2D eigenvalue weighted by molar-refractivity contribution is 7.92. The van der Waals surface area contributed by atoms with Gasteiger partial charge < -0.3 is 15.4 Å². The summed E-state index contributed by atoms with van der Waals surface area (Å²) in [5.74, 6) is -0.624. The second-order valence-corrected chi connectivity index (χ2v) is 8.38. The van der Waals surface area contributed by atoms with Gasteiger partial charge in [0.25, 0.3) is 15.9 Å². The van der Waals surface area contributed by atoms with E-state index in [1.165, 1.54) is 37.3 Å². The van der Waals surface area contributed by atoms with Crippen LogP contribution in [-0.4, -0.2) is 39.5 Å². The van der Waals surface area contributed by atoms with Crippen molar-refractivity contribution in [3.05, 3.63) is 54.1 Å². The van der Waals surface area contributed by atoms with Crippen LogP contribution >= 0.6 is 0 Å². The third kappa shape index (κ3) is 5.55. The molecule has 0 aromatic heterocycles. The number of carbonyl (C=O) groups is 2. The van der Waals surface area contributed by atoms with Crippen LogP contribution < -0.4 is 15.4 Å². The molecule has 1 saturated heterocycles. The molecule has 3 N–H and O–H groups in total. The first-order valence-corrected chi connectivity index (χ1v) is 10.7. The first kappa shape index (κ1) is 20.8. The predicted octanol–water partition coefficient (Wildman–Crippen LogP) is 2.35. The van der Waals surface area contributed by atoms with Gasteiger partial charge in [0, 0.05) is 25.8 Å². The molecule has 2 aromatic carbocycles. The van der Waals surface area contributed by atoms with Gasteiger partial charge in [-0.2, -0.15) is 0 Å². The summed E-state index contributed by atoms with van der Waals surface area (Å²) in [4.78, 5) is 23.7. The normalized spacial score (nSPS) is 16.2. The molecule has 0 saturated carbocycles. The van der Waals surface area contributed by atoms with E-state index in [1.807, 2.05) is 0 Å². The molecule has 2 amide bonds. The lowest BCUT2D eigenvalue weighted by Crippen LogP contribution is -2.32. The van der Waals surface area contributed by atoms with Crippen molar-refractivity contribution in [2.75, 3.05) is 23.2 Å². The third-order valence-electron chi connectivity index (χ3n) is 4.42. The number of benzene rings is 2. The van der Waals surface area contributed by atoms with Crippen molar-refractivity contribution in [2.24, 2.45) is 0 Å². The van der Waals surface area contributed by atoms with Crippen LogP contribution in [0.25, 0.3) is 0 Å². The standard InChI is InChI=1S/C20H23N3O5S/c1-14(24)22-15-8-10-17(11-9-15)29(26,27)23-19-7-3-2-6-18(19)20(25)21-13-16-5-4-12-28-16/h2-3,6-11,16,23H,4-5,12-13H2,1H3,(H,21,25)(H,22,24). The topological polar surface area (TPSA) is 114 Å². The number of hydrogen-bond donors (Lipinski definition) is 3. The Morgan fingerprint density at radius 3 is 2.48 bits per heavy atom. The van der Waals surface area contributed by atoms with E-state index in [4.69, 9.17) is 4.74 Å². The summed E-state index contributed by atoms with van der Waals surface area (Å²) in [6.45, 7) is 2.44. The van der Waals surface area contributed by atoms with Crippen LogP contribution in [0.1, 0.15) is 30.1 Å². The van der Waals surface area contributed by atoms with Gasteiger partial charge in [-0.1, -0.05) is 12.1 Å². The minimum atomic E-state index is -3.91. The third-order valence-corrected chi connectivity index (χ3v) is 5.80. The summed E-state index contributed by atoms with van der Waals surface area (Å²) in [7, 11) is -3.91. The van der Waals surface area contributed by atoms with Crippen molar-refractivity contribution in [3.63, 3.8) is 0 Å². The summed E-state index contributed by atoms with van der Waals surface area (Å²) in [6.07, 6.45) is 1.85. The quantitative estimate of drug-likeness (QED) is 0.640. The van der Waals surface area contributed by atoms with E-state index in [9.17, 15) is 18.0 Å². The second-order valence-electron chi connectivity index (χ2n) is 6.70. The smallest absolute Gasteiger partial charge is 0.261 e. The van der Waals surface area contributed by atoms with Gasteiger partial charge in [-0.25, -0.2) is 8.42 Å². The van der Waals surface area contributed by atoms with E-state index in [0.29, 0.717) is 18.8 Å². The highest BCUT2D eigenvalue weighted by Gasteiger charge is 2.20. The first-order chi connectivity index (χ1) is 13.8. The van der Waals surface area contributed by atoms with Crippen LogP contribution in [0.3, 0.4) is 0 Å². The van der Waals surface area contributed by atoms with Crippen molar-refractivity contribution in [2.45, 2.75) is 30.8 Å². The Bertz CT molecular complexity index is 983. The Morgan fingerprint density at radius 2 is 1.83 bits per heavy atom. The molecule has 0 aliphatic carbocycles. The molecular weight excluding hydrogens is 394 g/mol. The van der Waals surface area contributed by atoms with E-state index in [2.05, 4.69) is 15.4 Å². The van der Waals surface area contributed by atoms with Crippen LogP contribution in [0.5, 0.6) is 0 Å². The number of ether oxygens (including phenoxy) is 1. The lowest BCUT2D eigenvalue weighted by Gasteiger charge is -2.14. The molecule has 1 fully saturated rings. The van der Waals surface area contributed by atoms with Gasteiger partial charge in [0.15, 0.2) is 0 Å². The average Bonchev–Trinajstić information content (AvgIpc) is 3.20. The maximum Gasteiger partial charge on any atom is 0.261 e. The Morgan fingerprint density at radius 1 is 1.10 bits per heavy atom. The maximum atomic E-state index is 12.7. The maximum absolute atomic E-state index is 12.7. The molecule has 3 rings (SSSR count). The largest absolute Gasteiger partial charge is 0.376 e. The number of anilines is 2. The van der Waals surface area contributed by atoms with Gasteiger partial charge in [-0.15, -0.1) is 0 Å². The highest BCUT2D eigenvalue weighted by Crippen LogP contribution is 2.21. The number of carbonyl (C=O) groups excluding carboxylic acids is 2. The Labute approximate surface area is 169 Å². The summed E-state index contributed by atoms with van der Waals surface area (Å²) < 4.78 is 33.4. The molecule has 0 spiro atoms. The van der Waals surface area contributed by atoms with Gasteiger partial charge in [0.2, 0.25) is 5.91 Å². The molecule has 154 valence electrons. The Kier molecular flexibility index (Phi) is 6.50. The summed E-state index contributed by atoms with van der Waals surface area (Å²) in [5, 5.41) is 5.37. The number of para-hydroxylation sites is 1. The van der Waals surface area contributed by atoms with Crippen molar-refractivity contribution < 1.29 is 22.7 Å². The fraction of sp³-hybridized carbons (Fsp3) is 0.300. The molecular formula is C20H23N3O5S. The van der Waals surface area contributed by atoms with Gasteiger partial charge in [-0.3, -0.25) is 14.3 Å². The lowest BCUT2D eigenvalue weighted by molar-refractivity contribution is -0.114.